The summed E-state index contributed by atoms with van der Waals surface area (Å²) in [6.07, 6.45) is 0.668. The van der Waals surface area contributed by atoms with Crippen LogP contribution in [0.5, 0.6) is 0 Å². The van der Waals surface area contributed by atoms with Crippen molar-refractivity contribution < 1.29 is 9.84 Å². The molecule has 0 aromatic rings. The van der Waals surface area contributed by atoms with E-state index < -0.39 is 0 Å². The van der Waals surface area contributed by atoms with Crippen molar-refractivity contribution >= 4 is 0 Å². The number of aliphatic hydroxyl groups is 1. The molecule has 1 fully saturated rings. The first-order valence-electron chi connectivity index (χ1n) is 2.97. The highest BCUT2D eigenvalue weighted by Gasteiger charge is 2.37. The van der Waals surface area contributed by atoms with E-state index in [2.05, 4.69) is 0 Å². The van der Waals surface area contributed by atoms with E-state index in [4.69, 9.17) is 9.84 Å². The Morgan fingerprint density at radius 1 is 1.75 bits per heavy atom. The second kappa shape index (κ2) is 1.71. The average molecular weight is 116 g/mol. The van der Waals surface area contributed by atoms with Crippen molar-refractivity contribution in [2.75, 3.05) is 6.61 Å². The maximum absolute atomic E-state index is 9.01. The molecule has 0 radical (unpaired) electrons. The number of hydrogen-bond donors (Lipinski definition) is 1. The number of rotatable bonds is 1. The number of aliphatic hydroxyl groups excluding tert-OH is 1. The molecule has 2 unspecified atom stereocenters. The minimum atomic E-state index is -0.323. The van der Waals surface area contributed by atoms with Crippen LogP contribution in [-0.2, 0) is 4.74 Å². The van der Waals surface area contributed by atoms with E-state index in [0.717, 1.165) is 13.0 Å². The monoisotopic (exact) mass is 116 g/mol. The van der Waals surface area contributed by atoms with Crippen molar-refractivity contribution in [1.82, 2.24) is 0 Å². The van der Waals surface area contributed by atoms with Crippen LogP contribution in [0.1, 0.15) is 20.3 Å². The van der Waals surface area contributed by atoms with Crippen LogP contribution in [-0.4, -0.2) is 23.4 Å². The van der Waals surface area contributed by atoms with E-state index in [9.17, 15) is 0 Å². The lowest BCUT2D eigenvalue weighted by Gasteiger charge is -2.40. The van der Waals surface area contributed by atoms with Gasteiger partial charge in [-0.15, -0.1) is 0 Å². The SMILES string of the molecule is CC(O)C1(C)CCO1. The molecule has 1 heterocycles. The highest BCUT2D eigenvalue weighted by atomic mass is 16.5. The van der Waals surface area contributed by atoms with Gasteiger partial charge < -0.3 is 9.84 Å². The maximum atomic E-state index is 9.01. The normalized spacial score (nSPS) is 40.9. The fourth-order valence-electron chi connectivity index (χ4n) is 0.754. The molecular formula is C6H12O2. The predicted octanol–water partition coefficient (Wildman–Crippen LogP) is 0.546. The quantitative estimate of drug-likeness (QED) is 0.542. The molecule has 0 saturated carbocycles. The largest absolute Gasteiger partial charge is 0.390 e. The second-order valence-corrected chi connectivity index (χ2v) is 2.59. The van der Waals surface area contributed by atoms with Gasteiger partial charge in [0.05, 0.1) is 18.3 Å². The lowest BCUT2D eigenvalue weighted by molar-refractivity contribution is -0.187. The van der Waals surface area contributed by atoms with Gasteiger partial charge in [0.15, 0.2) is 0 Å². The first-order valence-corrected chi connectivity index (χ1v) is 2.97. The van der Waals surface area contributed by atoms with Crippen LogP contribution in [0, 0.1) is 0 Å². The van der Waals surface area contributed by atoms with Gasteiger partial charge in [0.25, 0.3) is 0 Å². The zero-order valence-corrected chi connectivity index (χ0v) is 5.35. The van der Waals surface area contributed by atoms with E-state index in [1.807, 2.05) is 6.92 Å². The van der Waals surface area contributed by atoms with Crippen LogP contribution in [0.15, 0.2) is 0 Å². The molecule has 0 bridgehead atoms. The average Bonchev–Trinajstić information content (AvgIpc) is 1.60. The summed E-state index contributed by atoms with van der Waals surface area (Å²) in [7, 11) is 0. The molecule has 0 aromatic heterocycles. The summed E-state index contributed by atoms with van der Waals surface area (Å²) in [5, 5.41) is 9.01. The van der Waals surface area contributed by atoms with Crippen molar-refractivity contribution in [2.45, 2.75) is 32.0 Å². The molecule has 2 atom stereocenters. The van der Waals surface area contributed by atoms with Crippen molar-refractivity contribution in [2.24, 2.45) is 0 Å². The third-order valence-electron chi connectivity index (χ3n) is 1.91. The highest BCUT2D eigenvalue weighted by molar-refractivity contribution is 4.87. The third-order valence-corrected chi connectivity index (χ3v) is 1.91. The molecule has 48 valence electrons. The standard InChI is InChI=1S/C6H12O2/c1-5(7)6(2)3-4-8-6/h5,7H,3-4H2,1-2H3. The fourth-order valence-corrected chi connectivity index (χ4v) is 0.754. The summed E-state index contributed by atoms with van der Waals surface area (Å²) in [4.78, 5) is 0. The topological polar surface area (TPSA) is 29.5 Å². The zero-order valence-electron chi connectivity index (χ0n) is 5.35. The number of hydrogen-bond acceptors (Lipinski definition) is 2. The maximum Gasteiger partial charge on any atom is 0.0931 e. The van der Waals surface area contributed by atoms with Crippen molar-refractivity contribution in [3.63, 3.8) is 0 Å². The summed E-state index contributed by atoms with van der Waals surface area (Å²) in [6.45, 7) is 4.50. The van der Waals surface area contributed by atoms with E-state index in [1.54, 1.807) is 6.92 Å². The second-order valence-electron chi connectivity index (χ2n) is 2.59. The minimum Gasteiger partial charge on any atom is -0.390 e. The summed E-state index contributed by atoms with van der Waals surface area (Å²) >= 11 is 0. The molecule has 1 N–H and O–H groups in total. The molecule has 1 aliphatic heterocycles. The molecule has 2 nitrogen and oxygen atoms in total. The Kier molecular flexibility index (Phi) is 1.29. The Bertz CT molecular complexity index is 84.5. The summed E-state index contributed by atoms with van der Waals surface area (Å²) in [6, 6.07) is 0. The van der Waals surface area contributed by atoms with Crippen LogP contribution in [0.2, 0.25) is 0 Å². The Balaban J connectivity index is 2.41. The van der Waals surface area contributed by atoms with Gasteiger partial charge in [-0.05, 0) is 13.8 Å². The van der Waals surface area contributed by atoms with Crippen molar-refractivity contribution in [3.8, 4) is 0 Å². The van der Waals surface area contributed by atoms with Gasteiger partial charge in [-0.3, -0.25) is 0 Å². The van der Waals surface area contributed by atoms with Crippen LogP contribution in [0.3, 0.4) is 0 Å². The van der Waals surface area contributed by atoms with Crippen molar-refractivity contribution in [1.29, 1.82) is 0 Å². The van der Waals surface area contributed by atoms with Gasteiger partial charge in [-0.25, -0.2) is 0 Å². The zero-order chi connectivity index (χ0) is 6.20. The Hall–Kier alpha value is -0.0800. The summed E-state index contributed by atoms with van der Waals surface area (Å²) in [5.74, 6) is 0. The van der Waals surface area contributed by atoms with Gasteiger partial charge in [0, 0.05) is 6.42 Å². The summed E-state index contributed by atoms with van der Waals surface area (Å²) < 4.78 is 5.13. The molecule has 0 aliphatic carbocycles. The fraction of sp³-hybridized carbons (Fsp3) is 1.00. The highest BCUT2D eigenvalue weighted by Crippen LogP contribution is 2.28. The first-order chi connectivity index (χ1) is 3.65. The molecule has 2 heteroatoms. The first kappa shape index (κ1) is 6.05. The van der Waals surface area contributed by atoms with Crippen LogP contribution in [0.4, 0.5) is 0 Å². The van der Waals surface area contributed by atoms with Crippen LogP contribution >= 0.6 is 0 Å². The Labute approximate surface area is 49.5 Å². The third kappa shape index (κ3) is 0.740. The van der Waals surface area contributed by atoms with Gasteiger partial charge in [-0.2, -0.15) is 0 Å². The smallest absolute Gasteiger partial charge is 0.0931 e. The lowest BCUT2D eigenvalue weighted by Crippen LogP contribution is -2.49. The molecule has 1 saturated heterocycles. The van der Waals surface area contributed by atoms with E-state index in [1.165, 1.54) is 0 Å². The minimum absolute atomic E-state index is 0.222. The predicted molar refractivity (Wildman–Crippen MR) is 30.7 cm³/mol. The molecular weight excluding hydrogens is 104 g/mol. The molecule has 0 aromatic carbocycles. The van der Waals surface area contributed by atoms with Crippen LogP contribution in [0.25, 0.3) is 0 Å². The Morgan fingerprint density at radius 3 is 2.25 bits per heavy atom. The van der Waals surface area contributed by atoms with Gasteiger partial charge >= 0.3 is 0 Å². The van der Waals surface area contributed by atoms with Crippen molar-refractivity contribution in [3.05, 3.63) is 0 Å². The van der Waals surface area contributed by atoms with E-state index in [-0.39, 0.29) is 11.7 Å². The molecule has 1 aliphatic rings. The lowest BCUT2D eigenvalue weighted by atomic mass is 9.92. The Morgan fingerprint density at radius 2 is 2.25 bits per heavy atom. The van der Waals surface area contributed by atoms with Gasteiger partial charge in [-0.1, -0.05) is 0 Å². The molecule has 8 heavy (non-hydrogen) atoms. The van der Waals surface area contributed by atoms with Crippen LogP contribution < -0.4 is 0 Å². The van der Waals surface area contributed by atoms with E-state index >= 15 is 0 Å². The molecule has 0 amide bonds. The number of ether oxygens (including phenoxy) is 1. The van der Waals surface area contributed by atoms with Gasteiger partial charge in [0.1, 0.15) is 0 Å². The molecule has 1 rings (SSSR count). The van der Waals surface area contributed by atoms with Gasteiger partial charge in [0.2, 0.25) is 0 Å². The molecule has 0 spiro atoms. The summed E-state index contributed by atoms with van der Waals surface area (Å²) in [5.41, 5.74) is -0.222. The van der Waals surface area contributed by atoms with E-state index in [0.29, 0.717) is 0 Å².